The molecule has 0 bridgehead atoms. The molecule has 0 fully saturated rings. The first-order valence-corrected chi connectivity index (χ1v) is 8.32. The minimum atomic E-state index is 0.750. The monoisotopic (exact) mass is 320 g/mol. The second-order valence-electron chi connectivity index (χ2n) is 4.55. The molecule has 2 nitrogen and oxygen atoms in total. The molecule has 1 aromatic carbocycles. The van der Waals surface area contributed by atoms with Crippen molar-refractivity contribution in [2.24, 2.45) is 0 Å². The lowest BCUT2D eigenvalue weighted by Gasteiger charge is -1.98. The van der Waals surface area contributed by atoms with Crippen molar-refractivity contribution in [1.82, 2.24) is 9.97 Å². The maximum absolute atomic E-state index is 5.93. The topological polar surface area (TPSA) is 25.8 Å². The number of nitrogens with zero attached hydrogens (tertiary/aromatic N) is 2. The van der Waals surface area contributed by atoms with Crippen LogP contribution in [-0.2, 0) is 6.42 Å². The maximum Gasteiger partial charge on any atom is 0.0995 e. The number of rotatable bonds is 3. The van der Waals surface area contributed by atoms with Crippen molar-refractivity contribution in [1.29, 1.82) is 0 Å². The molecule has 0 radical (unpaired) electrons. The Labute approximate surface area is 131 Å². The van der Waals surface area contributed by atoms with E-state index in [0.29, 0.717) is 0 Å². The summed E-state index contributed by atoms with van der Waals surface area (Å²) in [5, 5.41) is 5.07. The van der Waals surface area contributed by atoms with Gasteiger partial charge in [0.25, 0.3) is 0 Å². The van der Waals surface area contributed by atoms with Gasteiger partial charge in [0.2, 0.25) is 0 Å². The van der Waals surface area contributed by atoms with Crippen LogP contribution in [0.2, 0.25) is 5.02 Å². The lowest BCUT2D eigenvalue weighted by atomic mass is 10.1. The number of aryl methyl sites for hydroxylation is 2. The highest BCUT2D eigenvalue weighted by Crippen LogP contribution is 2.29. The fraction of sp³-hybridized carbons (Fsp3) is 0.200. The minimum absolute atomic E-state index is 0.750. The fourth-order valence-electron chi connectivity index (χ4n) is 2.05. The van der Waals surface area contributed by atoms with Gasteiger partial charge < -0.3 is 0 Å². The number of halogens is 1. The molecule has 2 heterocycles. The van der Waals surface area contributed by atoms with E-state index < -0.39 is 0 Å². The van der Waals surface area contributed by atoms with Crippen LogP contribution in [0.4, 0.5) is 0 Å². The molecule has 0 unspecified atom stereocenters. The van der Waals surface area contributed by atoms with E-state index in [4.69, 9.17) is 16.6 Å². The Morgan fingerprint density at radius 2 is 1.85 bits per heavy atom. The van der Waals surface area contributed by atoms with Gasteiger partial charge in [-0.15, -0.1) is 22.7 Å². The Balaban J connectivity index is 1.89. The van der Waals surface area contributed by atoms with Gasteiger partial charge in [0.15, 0.2) is 0 Å². The number of aromatic nitrogens is 2. The zero-order valence-corrected chi connectivity index (χ0v) is 13.6. The lowest BCUT2D eigenvalue weighted by Crippen LogP contribution is -1.88. The molecular weight excluding hydrogens is 308 g/mol. The largest absolute Gasteiger partial charge is 0.246 e. The van der Waals surface area contributed by atoms with Crippen LogP contribution in [0.5, 0.6) is 0 Å². The van der Waals surface area contributed by atoms with Gasteiger partial charge in [0, 0.05) is 27.3 Å². The molecule has 0 N–H and O–H groups in total. The summed E-state index contributed by atoms with van der Waals surface area (Å²) >= 11 is 9.35. The van der Waals surface area contributed by atoms with Crippen LogP contribution < -0.4 is 0 Å². The normalized spacial score (nSPS) is 10.9. The lowest BCUT2D eigenvalue weighted by molar-refractivity contribution is 1.06. The van der Waals surface area contributed by atoms with Crippen LogP contribution in [0.3, 0.4) is 0 Å². The highest BCUT2D eigenvalue weighted by molar-refractivity contribution is 7.12. The van der Waals surface area contributed by atoms with E-state index in [1.165, 1.54) is 4.88 Å². The minimum Gasteiger partial charge on any atom is -0.246 e. The van der Waals surface area contributed by atoms with E-state index in [0.717, 1.165) is 38.4 Å². The average molecular weight is 321 g/mol. The van der Waals surface area contributed by atoms with Gasteiger partial charge in [-0.1, -0.05) is 23.7 Å². The van der Waals surface area contributed by atoms with Crippen LogP contribution in [-0.4, -0.2) is 9.97 Å². The molecule has 5 heteroatoms. The molecule has 0 aliphatic heterocycles. The van der Waals surface area contributed by atoms with Crippen LogP contribution in [0.15, 0.2) is 29.6 Å². The van der Waals surface area contributed by atoms with Crippen molar-refractivity contribution < 1.29 is 0 Å². The second kappa shape index (κ2) is 5.64. The average Bonchev–Trinajstić information content (AvgIpc) is 2.97. The Kier molecular flexibility index (Phi) is 3.87. The molecule has 102 valence electrons. The van der Waals surface area contributed by atoms with Crippen molar-refractivity contribution in [3.8, 4) is 11.3 Å². The predicted octanol–water partition coefficient (Wildman–Crippen LogP) is 5.13. The fourth-order valence-corrected chi connectivity index (χ4v) is 3.76. The van der Waals surface area contributed by atoms with Gasteiger partial charge in [-0.3, -0.25) is 0 Å². The van der Waals surface area contributed by atoms with E-state index in [-0.39, 0.29) is 0 Å². The van der Waals surface area contributed by atoms with Gasteiger partial charge in [0.05, 0.1) is 21.4 Å². The molecular formula is C15H13ClN2S2. The van der Waals surface area contributed by atoms with Crippen molar-refractivity contribution in [2.75, 3.05) is 0 Å². The zero-order chi connectivity index (χ0) is 14.1. The third-order valence-electron chi connectivity index (χ3n) is 2.96. The second-order valence-corrected chi connectivity index (χ2v) is 7.34. The van der Waals surface area contributed by atoms with Crippen molar-refractivity contribution in [3.63, 3.8) is 0 Å². The van der Waals surface area contributed by atoms with Crippen LogP contribution >= 0.6 is 34.3 Å². The third-order valence-corrected chi connectivity index (χ3v) is 5.00. The van der Waals surface area contributed by atoms with E-state index >= 15 is 0 Å². The Bertz CT molecular complexity index is 729. The number of hydrogen-bond donors (Lipinski definition) is 0. The Morgan fingerprint density at radius 3 is 2.50 bits per heavy atom. The molecule has 2 aromatic heterocycles. The first-order chi connectivity index (χ1) is 9.61. The zero-order valence-electron chi connectivity index (χ0n) is 11.2. The molecule has 0 saturated carbocycles. The first-order valence-electron chi connectivity index (χ1n) is 6.25. The van der Waals surface area contributed by atoms with Crippen molar-refractivity contribution in [3.05, 3.63) is 55.3 Å². The van der Waals surface area contributed by atoms with Crippen molar-refractivity contribution >= 4 is 34.3 Å². The van der Waals surface area contributed by atoms with Gasteiger partial charge >= 0.3 is 0 Å². The summed E-state index contributed by atoms with van der Waals surface area (Å²) in [6.07, 6.45) is 0.809. The van der Waals surface area contributed by atoms with E-state index in [1.807, 2.05) is 31.2 Å². The molecule has 3 aromatic rings. The summed E-state index contributed by atoms with van der Waals surface area (Å²) in [4.78, 5) is 10.5. The smallest absolute Gasteiger partial charge is 0.0995 e. The molecule has 0 aliphatic carbocycles. The molecule has 0 spiro atoms. The van der Waals surface area contributed by atoms with Gasteiger partial charge in [0.1, 0.15) is 0 Å². The van der Waals surface area contributed by atoms with Crippen LogP contribution in [0, 0.1) is 13.8 Å². The van der Waals surface area contributed by atoms with E-state index in [2.05, 4.69) is 17.3 Å². The summed E-state index contributed by atoms with van der Waals surface area (Å²) in [7, 11) is 0. The van der Waals surface area contributed by atoms with Crippen LogP contribution in [0.25, 0.3) is 11.3 Å². The Morgan fingerprint density at radius 1 is 1.10 bits per heavy atom. The van der Waals surface area contributed by atoms with E-state index in [9.17, 15) is 0 Å². The molecule has 3 rings (SSSR count). The molecule has 0 aliphatic rings. The summed E-state index contributed by atoms with van der Waals surface area (Å²) in [5.74, 6) is 0. The number of thiazole rings is 2. The number of benzene rings is 1. The molecule has 0 saturated heterocycles. The standard InChI is InChI=1S/C15H13ClN2S2/c1-9-15(11-3-5-12(16)6-4-11)18-14(20-9)7-13-8-19-10(2)17-13/h3-6,8H,7H2,1-2H3. The summed E-state index contributed by atoms with van der Waals surface area (Å²) < 4.78 is 0. The maximum atomic E-state index is 5.93. The molecule has 0 atom stereocenters. The highest BCUT2D eigenvalue weighted by Gasteiger charge is 2.11. The summed E-state index contributed by atoms with van der Waals surface area (Å²) in [6.45, 7) is 4.14. The van der Waals surface area contributed by atoms with Gasteiger partial charge in [-0.2, -0.15) is 0 Å². The molecule has 20 heavy (non-hydrogen) atoms. The quantitative estimate of drug-likeness (QED) is 0.668. The first kappa shape index (κ1) is 13.7. The summed E-state index contributed by atoms with van der Waals surface area (Å²) in [6, 6.07) is 7.83. The highest BCUT2D eigenvalue weighted by atomic mass is 35.5. The third kappa shape index (κ3) is 2.92. The van der Waals surface area contributed by atoms with Gasteiger partial charge in [-0.05, 0) is 26.0 Å². The predicted molar refractivity (Wildman–Crippen MR) is 87.0 cm³/mol. The van der Waals surface area contributed by atoms with Crippen LogP contribution in [0.1, 0.15) is 20.6 Å². The van der Waals surface area contributed by atoms with E-state index in [1.54, 1.807) is 22.7 Å². The van der Waals surface area contributed by atoms with Crippen molar-refractivity contribution in [2.45, 2.75) is 20.3 Å². The molecule has 0 amide bonds. The SMILES string of the molecule is Cc1nc(Cc2nc(-c3ccc(Cl)cc3)c(C)s2)cs1. The van der Waals surface area contributed by atoms with Gasteiger partial charge in [-0.25, -0.2) is 9.97 Å². The number of hydrogen-bond acceptors (Lipinski definition) is 4. The summed E-state index contributed by atoms with van der Waals surface area (Å²) in [5.41, 5.74) is 3.27. The Hall–Kier alpha value is -1.23.